The van der Waals surface area contributed by atoms with Crippen LogP contribution in [0.3, 0.4) is 0 Å². The number of benzene rings is 1. The van der Waals surface area contributed by atoms with Gasteiger partial charge < -0.3 is 9.88 Å². The first-order valence-electron chi connectivity index (χ1n) is 9.90. The molecule has 1 amide bonds. The van der Waals surface area contributed by atoms with Crippen LogP contribution in [-0.4, -0.2) is 26.4 Å². The van der Waals surface area contributed by atoms with Crippen LogP contribution >= 0.6 is 23.1 Å². The maximum Gasteiger partial charge on any atom is 0.235 e. The molecule has 1 unspecified atom stereocenters. The molecule has 0 aliphatic heterocycles. The van der Waals surface area contributed by atoms with Gasteiger partial charge in [-0.15, -0.1) is 21.5 Å². The summed E-state index contributed by atoms with van der Waals surface area (Å²) >= 11 is 2.89. The molecule has 1 aliphatic rings. The molecule has 0 saturated carbocycles. The summed E-state index contributed by atoms with van der Waals surface area (Å²) in [6, 6.07) is 10.4. The van der Waals surface area contributed by atoms with Crippen molar-refractivity contribution < 1.29 is 4.79 Å². The van der Waals surface area contributed by atoms with E-state index in [4.69, 9.17) is 0 Å². The van der Waals surface area contributed by atoms with Gasteiger partial charge in [-0.25, -0.2) is 0 Å². The fourth-order valence-electron chi connectivity index (χ4n) is 3.73. The number of nitrogens with zero attached hydrogens (tertiary/aromatic N) is 4. The Bertz CT molecular complexity index is 1140. The molecular weight excluding hydrogens is 414 g/mol. The molecule has 2 heterocycles. The summed E-state index contributed by atoms with van der Waals surface area (Å²) in [6.45, 7) is 4.27. The van der Waals surface area contributed by atoms with E-state index in [0.29, 0.717) is 21.6 Å². The number of fused-ring (bicyclic) bond motifs is 1. The molecule has 3 aromatic rings. The Kier molecular flexibility index (Phi) is 5.93. The Labute approximate surface area is 184 Å². The molecule has 8 heteroatoms. The van der Waals surface area contributed by atoms with Crippen LogP contribution in [0.15, 0.2) is 29.4 Å². The highest BCUT2D eigenvalue weighted by Gasteiger charge is 2.24. The summed E-state index contributed by atoms with van der Waals surface area (Å²) in [5, 5.41) is 22.4. The van der Waals surface area contributed by atoms with E-state index >= 15 is 0 Å². The van der Waals surface area contributed by atoms with Gasteiger partial charge in [-0.3, -0.25) is 4.79 Å². The zero-order valence-electron chi connectivity index (χ0n) is 17.2. The fraction of sp³-hybridized carbons (Fsp3) is 0.364. The summed E-state index contributed by atoms with van der Waals surface area (Å²) in [7, 11) is 1.90. The van der Waals surface area contributed by atoms with Gasteiger partial charge in [0.25, 0.3) is 0 Å². The molecule has 0 bridgehead atoms. The van der Waals surface area contributed by atoms with E-state index in [1.54, 1.807) is 11.3 Å². The number of nitriles is 1. The second-order valence-corrected chi connectivity index (χ2v) is 9.79. The summed E-state index contributed by atoms with van der Waals surface area (Å²) in [5.74, 6) is 1.47. The van der Waals surface area contributed by atoms with Crippen molar-refractivity contribution in [1.29, 1.82) is 5.26 Å². The van der Waals surface area contributed by atoms with Crippen LogP contribution in [0.2, 0.25) is 0 Å². The van der Waals surface area contributed by atoms with E-state index < -0.39 is 0 Å². The number of thioether (sulfide) groups is 1. The Hall–Kier alpha value is -2.63. The fourth-order valence-corrected chi connectivity index (χ4v) is 5.81. The largest absolute Gasteiger partial charge is 0.316 e. The molecule has 0 radical (unpaired) electrons. The van der Waals surface area contributed by atoms with E-state index in [2.05, 4.69) is 34.6 Å². The highest BCUT2D eigenvalue weighted by molar-refractivity contribution is 7.99. The highest BCUT2D eigenvalue weighted by atomic mass is 32.2. The van der Waals surface area contributed by atoms with Gasteiger partial charge in [0, 0.05) is 17.5 Å². The zero-order chi connectivity index (χ0) is 21.3. The summed E-state index contributed by atoms with van der Waals surface area (Å²) < 4.78 is 1.90. The van der Waals surface area contributed by atoms with E-state index in [-0.39, 0.29) is 11.7 Å². The first kappa shape index (κ1) is 20.6. The number of aromatic nitrogens is 3. The SMILES string of the molecule is Cc1cccc(-c2nnc(SCC(=O)Nc3sc4c(c3C#N)CCC(C)C4)n2C)c1. The van der Waals surface area contributed by atoms with Gasteiger partial charge in [0.15, 0.2) is 11.0 Å². The summed E-state index contributed by atoms with van der Waals surface area (Å²) in [5.41, 5.74) is 3.92. The van der Waals surface area contributed by atoms with Crippen molar-refractivity contribution >= 4 is 34.0 Å². The molecule has 1 aromatic carbocycles. The lowest BCUT2D eigenvalue weighted by Crippen LogP contribution is -2.14. The molecule has 0 fully saturated rings. The number of hydrogen-bond donors (Lipinski definition) is 1. The third-order valence-corrected chi connectivity index (χ3v) is 7.51. The summed E-state index contributed by atoms with van der Waals surface area (Å²) in [6.07, 6.45) is 3.00. The molecule has 1 aliphatic carbocycles. The number of nitrogens with one attached hydrogen (secondary N) is 1. The maximum atomic E-state index is 12.6. The molecule has 154 valence electrons. The highest BCUT2D eigenvalue weighted by Crippen LogP contribution is 2.39. The number of rotatable bonds is 5. The van der Waals surface area contributed by atoms with Gasteiger partial charge in [0.1, 0.15) is 11.1 Å². The first-order chi connectivity index (χ1) is 14.5. The second-order valence-electron chi connectivity index (χ2n) is 7.74. The molecule has 6 nitrogen and oxygen atoms in total. The van der Waals surface area contributed by atoms with Crippen LogP contribution in [0, 0.1) is 24.2 Å². The van der Waals surface area contributed by atoms with E-state index in [0.717, 1.165) is 41.8 Å². The lowest BCUT2D eigenvalue weighted by molar-refractivity contribution is -0.113. The number of carbonyl (C=O) groups excluding carboxylic acids is 1. The van der Waals surface area contributed by atoms with Crippen LogP contribution in [0.5, 0.6) is 0 Å². The quantitative estimate of drug-likeness (QED) is 0.591. The van der Waals surface area contributed by atoms with Gasteiger partial charge >= 0.3 is 0 Å². The molecule has 2 aromatic heterocycles. The number of thiophene rings is 1. The minimum atomic E-state index is -0.136. The zero-order valence-corrected chi connectivity index (χ0v) is 18.9. The predicted molar refractivity (Wildman–Crippen MR) is 121 cm³/mol. The van der Waals surface area contributed by atoms with Crippen LogP contribution in [0.4, 0.5) is 5.00 Å². The smallest absolute Gasteiger partial charge is 0.235 e. The van der Waals surface area contributed by atoms with E-state index in [9.17, 15) is 10.1 Å². The maximum absolute atomic E-state index is 12.6. The standard InChI is InChI=1S/C22H23N5OS2/c1-13-5-4-6-15(9-13)20-25-26-22(27(20)3)29-12-19(28)24-21-17(11-23)16-8-7-14(2)10-18(16)30-21/h4-6,9,14H,7-8,10,12H2,1-3H3,(H,24,28). The molecule has 0 saturated heterocycles. The monoisotopic (exact) mass is 437 g/mol. The number of amides is 1. The number of carbonyl (C=O) groups is 1. The van der Waals surface area contributed by atoms with Crippen LogP contribution in [0.1, 0.15) is 34.9 Å². The van der Waals surface area contributed by atoms with Gasteiger partial charge in [0.2, 0.25) is 5.91 Å². The van der Waals surface area contributed by atoms with Crippen molar-refractivity contribution in [3.8, 4) is 17.5 Å². The summed E-state index contributed by atoms with van der Waals surface area (Å²) in [4.78, 5) is 13.8. The number of aryl methyl sites for hydroxylation is 1. The van der Waals surface area contributed by atoms with Crippen LogP contribution < -0.4 is 5.32 Å². The van der Waals surface area contributed by atoms with Crippen molar-refractivity contribution in [3.63, 3.8) is 0 Å². The van der Waals surface area contributed by atoms with Crippen LogP contribution in [0.25, 0.3) is 11.4 Å². The molecule has 4 rings (SSSR count). The predicted octanol–water partition coefficient (Wildman–Crippen LogP) is 4.58. The van der Waals surface area contributed by atoms with Crippen molar-refractivity contribution in [2.75, 3.05) is 11.1 Å². The second kappa shape index (κ2) is 8.62. The molecule has 30 heavy (non-hydrogen) atoms. The number of anilines is 1. The van der Waals surface area contributed by atoms with Crippen molar-refractivity contribution in [2.24, 2.45) is 13.0 Å². The van der Waals surface area contributed by atoms with Crippen molar-refractivity contribution in [1.82, 2.24) is 14.8 Å². The average Bonchev–Trinajstić information content (AvgIpc) is 3.25. The van der Waals surface area contributed by atoms with Gasteiger partial charge in [-0.05, 0) is 43.7 Å². The Morgan fingerprint density at radius 1 is 1.43 bits per heavy atom. The Morgan fingerprint density at radius 3 is 3.03 bits per heavy atom. The number of hydrogen-bond acceptors (Lipinski definition) is 6. The van der Waals surface area contributed by atoms with Crippen molar-refractivity contribution in [2.45, 2.75) is 38.3 Å². The normalized spacial score (nSPS) is 15.5. The minimum absolute atomic E-state index is 0.136. The molecule has 0 spiro atoms. The molecule has 1 N–H and O–H groups in total. The molecule has 1 atom stereocenters. The Balaban J connectivity index is 1.44. The van der Waals surface area contributed by atoms with Crippen molar-refractivity contribution in [3.05, 3.63) is 45.8 Å². The van der Waals surface area contributed by atoms with E-state index in [1.807, 2.05) is 36.7 Å². The third-order valence-electron chi connectivity index (χ3n) is 5.32. The molecular formula is C22H23N5OS2. The third kappa shape index (κ3) is 4.13. The van der Waals surface area contributed by atoms with Gasteiger partial charge in [-0.2, -0.15) is 5.26 Å². The first-order valence-corrected chi connectivity index (χ1v) is 11.7. The lowest BCUT2D eigenvalue weighted by atomic mass is 9.89. The minimum Gasteiger partial charge on any atom is -0.316 e. The van der Waals surface area contributed by atoms with Gasteiger partial charge in [-0.1, -0.05) is 42.4 Å². The average molecular weight is 438 g/mol. The lowest BCUT2D eigenvalue weighted by Gasteiger charge is -2.17. The topological polar surface area (TPSA) is 83.6 Å². The van der Waals surface area contributed by atoms with Crippen LogP contribution in [-0.2, 0) is 24.7 Å². The van der Waals surface area contributed by atoms with E-state index in [1.165, 1.54) is 16.6 Å². The van der Waals surface area contributed by atoms with Gasteiger partial charge in [0.05, 0.1) is 11.3 Å². The Morgan fingerprint density at radius 2 is 2.27 bits per heavy atom.